The number of amides is 1. The van der Waals surface area contributed by atoms with Crippen molar-refractivity contribution < 1.29 is 27.4 Å². The number of alkyl halides is 3. The average molecular weight is 400 g/mol. The van der Waals surface area contributed by atoms with Gasteiger partial charge >= 0.3 is 6.18 Å². The van der Waals surface area contributed by atoms with E-state index in [0.29, 0.717) is 21.5 Å². The highest BCUT2D eigenvalue weighted by Gasteiger charge is 2.41. The summed E-state index contributed by atoms with van der Waals surface area (Å²) in [7, 11) is 2.91. The normalized spacial score (nSPS) is 18.7. The van der Waals surface area contributed by atoms with Crippen molar-refractivity contribution in [3.05, 3.63) is 22.2 Å². The third kappa shape index (κ3) is 3.62. The molecule has 0 saturated carbocycles. The van der Waals surface area contributed by atoms with Crippen LogP contribution in [0.25, 0.3) is 0 Å². The van der Waals surface area contributed by atoms with E-state index < -0.39 is 24.0 Å². The Labute approximate surface area is 138 Å². The number of hydrogen-bond donors (Lipinski definition) is 0. The van der Waals surface area contributed by atoms with Gasteiger partial charge in [-0.3, -0.25) is 4.79 Å². The first-order chi connectivity index (χ1) is 10.3. The lowest BCUT2D eigenvalue weighted by atomic mass is 10.1. The van der Waals surface area contributed by atoms with Crippen LogP contribution in [0, 0.1) is 0 Å². The maximum atomic E-state index is 12.7. The third-order valence-corrected chi connectivity index (χ3v) is 5.01. The number of nitrogens with zero attached hydrogens (tertiary/aromatic N) is 1. The molecule has 1 aromatic rings. The van der Waals surface area contributed by atoms with Crippen molar-refractivity contribution in [2.24, 2.45) is 0 Å². The molecule has 1 aromatic carbocycles. The van der Waals surface area contributed by atoms with Gasteiger partial charge in [0.2, 0.25) is 5.91 Å². The predicted octanol–water partition coefficient (Wildman–Crippen LogP) is 3.60. The fraction of sp³-hybridized carbons (Fsp3) is 0.462. The molecule has 0 N–H and O–H groups in total. The zero-order valence-electron chi connectivity index (χ0n) is 11.7. The van der Waals surface area contributed by atoms with E-state index in [0.717, 1.165) is 16.7 Å². The average Bonchev–Trinajstić information content (AvgIpc) is 2.78. The van der Waals surface area contributed by atoms with Crippen LogP contribution in [-0.4, -0.2) is 43.5 Å². The van der Waals surface area contributed by atoms with Gasteiger partial charge in [-0.15, -0.1) is 11.8 Å². The zero-order chi connectivity index (χ0) is 16.5. The molecule has 122 valence electrons. The highest BCUT2D eigenvalue weighted by molar-refractivity contribution is 9.10. The van der Waals surface area contributed by atoms with Gasteiger partial charge in [-0.25, -0.2) is 0 Å². The minimum absolute atomic E-state index is 0.0154. The van der Waals surface area contributed by atoms with E-state index in [9.17, 15) is 18.0 Å². The monoisotopic (exact) mass is 399 g/mol. The van der Waals surface area contributed by atoms with Gasteiger partial charge in [-0.1, -0.05) is 15.9 Å². The predicted molar refractivity (Wildman–Crippen MR) is 80.2 cm³/mol. The van der Waals surface area contributed by atoms with Gasteiger partial charge in [0.05, 0.1) is 20.0 Å². The van der Waals surface area contributed by atoms with Crippen LogP contribution in [0.15, 0.2) is 16.6 Å². The number of benzene rings is 1. The van der Waals surface area contributed by atoms with E-state index in [1.54, 1.807) is 12.1 Å². The Balaban J connectivity index is 2.39. The zero-order valence-corrected chi connectivity index (χ0v) is 14.1. The highest BCUT2D eigenvalue weighted by atomic mass is 79.9. The van der Waals surface area contributed by atoms with Gasteiger partial charge < -0.3 is 14.4 Å². The number of rotatable bonds is 4. The van der Waals surface area contributed by atoms with Gasteiger partial charge in [0.15, 0.2) is 11.5 Å². The Hall–Kier alpha value is -1.09. The molecule has 1 saturated heterocycles. The standard InChI is InChI=1S/C13H13BrF3NO3S/c1-20-9-3-7(8(14)4-10(9)21-2)12-18(6-13(15,16)17)11(19)5-22-12/h3-4,12H,5-6H2,1-2H3. The number of halogens is 4. The molecule has 1 unspecified atom stereocenters. The van der Waals surface area contributed by atoms with Crippen molar-refractivity contribution in [2.75, 3.05) is 26.5 Å². The summed E-state index contributed by atoms with van der Waals surface area (Å²) in [5, 5.41) is -0.719. The summed E-state index contributed by atoms with van der Waals surface area (Å²) >= 11 is 4.47. The minimum atomic E-state index is -4.44. The van der Waals surface area contributed by atoms with E-state index in [-0.39, 0.29) is 5.75 Å². The number of ether oxygens (including phenoxy) is 2. The van der Waals surface area contributed by atoms with Crippen LogP contribution in [0.4, 0.5) is 13.2 Å². The Morgan fingerprint density at radius 1 is 1.32 bits per heavy atom. The molecule has 2 rings (SSSR count). The summed E-state index contributed by atoms with van der Waals surface area (Å²) in [5.41, 5.74) is 0.540. The SMILES string of the molecule is COc1cc(Br)c(C2SCC(=O)N2CC(F)(F)F)cc1OC. The molecule has 1 amide bonds. The van der Waals surface area contributed by atoms with Crippen LogP contribution < -0.4 is 9.47 Å². The summed E-state index contributed by atoms with van der Waals surface area (Å²) in [6.07, 6.45) is -4.44. The van der Waals surface area contributed by atoms with Crippen molar-refractivity contribution in [1.29, 1.82) is 0 Å². The minimum Gasteiger partial charge on any atom is -0.493 e. The first-order valence-corrected chi connectivity index (χ1v) is 8.00. The maximum Gasteiger partial charge on any atom is 0.406 e. The molecule has 4 nitrogen and oxygen atoms in total. The molecule has 1 atom stereocenters. The second-order valence-electron chi connectivity index (χ2n) is 4.53. The lowest BCUT2D eigenvalue weighted by Crippen LogP contribution is -2.37. The molecule has 0 bridgehead atoms. The third-order valence-electron chi connectivity index (χ3n) is 3.09. The molecule has 0 aromatic heterocycles. The van der Waals surface area contributed by atoms with E-state index >= 15 is 0 Å². The van der Waals surface area contributed by atoms with Gasteiger partial charge in [0.1, 0.15) is 11.9 Å². The van der Waals surface area contributed by atoms with E-state index in [1.807, 2.05) is 0 Å². The summed E-state index contributed by atoms with van der Waals surface area (Å²) in [6.45, 7) is -1.27. The Morgan fingerprint density at radius 3 is 2.45 bits per heavy atom. The summed E-state index contributed by atoms with van der Waals surface area (Å²) < 4.78 is 48.9. The first-order valence-electron chi connectivity index (χ1n) is 6.16. The maximum absolute atomic E-state index is 12.7. The van der Waals surface area contributed by atoms with Gasteiger partial charge in [-0.2, -0.15) is 13.2 Å². The van der Waals surface area contributed by atoms with Crippen LogP contribution in [0.3, 0.4) is 0 Å². The highest BCUT2D eigenvalue weighted by Crippen LogP contribution is 2.45. The summed E-state index contributed by atoms with van der Waals surface area (Å²) in [6, 6.07) is 3.20. The molecule has 0 aliphatic carbocycles. The van der Waals surface area contributed by atoms with Gasteiger partial charge in [0, 0.05) is 10.0 Å². The van der Waals surface area contributed by atoms with Crippen molar-refractivity contribution in [3.8, 4) is 11.5 Å². The Morgan fingerprint density at radius 2 is 1.91 bits per heavy atom. The molecule has 0 spiro atoms. The lowest BCUT2D eigenvalue weighted by Gasteiger charge is -2.26. The molecule has 1 aliphatic heterocycles. The molecule has 9 heteroatoms. The summed E-state index contributed by atoms with van der Waals surface area (Å²) in [5.74, 6) is 0.332. The molecular weight excluding hydrogens is 387 g/mol. The van der Waals surface area contributed by atoms with Crippen LogP contribution in [-0.2, 0) is 4.79 Å². The summed E-state index contributed by atoms with van der Waals surface area (Å²) in [4.78, 5) is 12.6. The second kappa shape index (κ2) is 6.57. The number of carbonyl (C=O) groups excluding carboxylic acids is 1. The van der Waals surface area contributed by atoms with E-state index in [2.05, 4.69) is 15.9 Å². The lowest BCUT2D eigenvalue weighted by molar-refractivity contribution is -0.159. The molecule has 0 radical (unpaired) electrons. The van der Waals surface area contributed by atoms with E-state index in [1.165, 1.54) is 14.2 Å². The first kappa shape index (κ1) is 17.3. The topological polar surface area (TPSA) is 38.8 Å². The largest absolute Gasteiger partial charge is 0.493 e. The van der Waals surface area contributed by atoms with E-state index in [4.69, 9.17) is 9.47 Å². The quantitative estimate of drug-likeness (QED) is 0.775. The Bertz CT molecular complexity index is 582. The molecule has 1 aliphatic rings. The number of hydrogen-bond acceptors (Lipinski definition) is 4. The number of thioether (sulfide) groups is 1. The van der Waals surface area contributed by atoms with Gasteiger partial charge in [0.25, 0.3) is 0 Å². The van der Waals surface area contributed by atoms with Crippen molar-refractivity contribution >= 4 is 33.6 Å². The molecule has 1 heterocycles. The van der Waals surface area contributed by atoms with Crippen molar-refractivity contribution in [1.82, 2.24) is 4.90 Å². The second-order valence-corrected chi connectivity index (χ2v) is 6.45. The molecular formula is C13H13BrF3NO3S. The molecule has 1 fully saturated rings. The van der Waals surface area contributed by atoms with Crippen LogP contribution in [0.2, 0.25) is 0 Å². The number of methoxy groups -OCH3 is 2. The van der Waals surface area contributed by atoms with Crippen LogP contribution in [0.1, 0.15) is 10.9 Å². The molecule has 22 heavy (non-hydrogen) atoms. The fourth-order valence-electron chi connectivity index (χ4n) is 2.13. The van der Waals surface area contributed by atoms with Crippen LogP contribution >= 0.6 is 27.7 Å². The van der Waals surface area contributed by atoms with Gasteiger partial charge in [-0.05, 0) is 12.1 Å². The fourth-order valence-corrected chi connectivity index (χ4v) is 4.04. The van der Waals surface area contributed by atoms with Crippen molar-refractivity contribution in [2.45, 2.75) is 11.6 Å². The smallest absolute Gasteiger partial charge is 0.406 e. The van der Waals surface area contributed by atoms with Crippen molar-refractivity contribution in [3.63, 3.8) is 0 Å². The van der Waals surface area contributed by atoms with Crippen LogP contribution in [0.5, 0.6) is 11.5 Å². The number of carbonyl (C=O) groups is 1. The Kier molecular flexibility index (Phi) is 5.16.